The number of carbonyl (C=O) groups is 2. The highest BCUT2D eigenvalue weighted by Gasteiger charge is 2.62. The number of aliphatic carboxylic acids is 1. The van der Waals surface area contributed by atoms with E-state index in [1.807, 2.05) is 0 Å². The van der Waals surface area contributed by atoms with Crippen LogP contribution in [0.1, 0.15) is 32.1 Å². The SMILES string of the molecule is O=C(O)C1(C(=O)N2CCC(C(F)(F)F)C3(CCOCC3)C2)CC1. The smallest absolute Gasteiger partial charge is 0.392 e. The number of halogens is 3. The van der Waals surface area contributed by atoms with E-state index in [4.69, 9.17) is 4.74 Å². The lowest BCUT2D eigenvalue weighted by Crippen LogP contribution is -2.58. The van der Waals surface area contributed by atoms with Crippen molar-refractivity contribution in [2.24, 2.45) is 16.7 Å². The Hall–Kier alpha value is -1.31. The molecule has 2 aliphatic heterocycles. The van der Waals surface area contributed by atoms with E-state index < -0.39 is 34.8 Å². The number of nitrogens with zero attached hydrogens (tertiary/aromatic N) is 1. The van der Waals surface area contributed by atoms with E-state index in [0.29, 0.717) is 0 Å². The van der Waals surface area contributed by atoms with Gasteiger partial charge < -0.3 is 14.7 Å². The molecule has 2 heterocycles. The largest absolute Gasteiger partial charge is 0.480 e. The maximum absolute atomic E-state index is 13.4. The fourth-order valence-electron chi connectivity index (χ4n) is 4.08. The molecule has 3 fully saturated rings. The van der Waals surface area contributed by atoms with Crippen LogP contribution < -0.4 is 0 Å². The molecule has 0 aromatic carbocycles. The predicted molar refractivity (Wildman–Crippen MR) is 72.5 cm³/mol. The summed E-state index contributed by atoms with van der Waals surface area (Å²) in [4.78, 5) is 25.2. The molecule has 1 spiro atoms. The first-order valence-electron chi connectivity index (χ1n) is 7.89. The molecule has 3 aliphatic rings. The number of hydrogen-bond donors (Lipinski definition) is 1. The average Bonchev–Trinajstić information content (AvgIpc) is 3.27. The quantitative estimate of drug-likeness (QED) is 0.785. The summed E-state index contributed by atoms with van der Waals surface area (Å²) < 4.78 is 45.5. The Morgan fingerprint density at radius 1 is 1.13 bits per heavy atom. The first kappa shape index (κ1) is 16.5. The van der Waals surface area contributed by atoms with Gasteiger partial charge in [-0.3, -0.25) is 9.59 Å². The number of carboxylic acids is 1. The topological polar surface area (TPSA) is 66.8 Å². The highest BCUT2D eigenvalue weighted by atomic mass is 19.4. The Morgan fingerprint density at radius 2 is 1.74 bits per heavy atom. The van der Waals surface area contributed by atoms with Crippen LogP contribution in [0, 0.1) is 16.7 Å². The van der Waals surface area contributed by atoms with E-state index in [9.17, 15) is 27.9 Å². The third-order valence-corrected chi connectivity index (χ3v) is 5.67. The van der Waals surface area contributed by atoms with E-state index in [1.165, 1.54) is 4.90 Å². The fraction of sp³-hybridized carbons (Fsp3) is 0.867. The summed E-state index contributed by atoms with van der Waals surface area (Å²) in [6.45, 7) is 0.451. The van der Waals surface area contributed by atoms with Gasteiger partial charge in [0.05, 0.1) is 5.92 Å². The second-order valence-corrected chi connectivity index (χ2v) is 6.97. The number of amides is 1. The monoisotopic (exact) mass is 335 g/mol. The molecular formula is C15H20F3NO4. The van der Waals surface area contributed by atoms with Crippen LogP contribution in [0.3, 0.4) is 0 Å². The van der Waals surface area contributed by atoms with Crippen molar-refractivity contribution in [3.05, 3.63) is 0 Å². The summed E-state index contributed by atoms with van der Waals surface area (Å²) in [5, 5.41) is 9.24. The third kappa shape index (κ3) is 2.70. The molecule has 130 valence electrons. The zero-order chi connectivity index (χ0) is 16.9. The lowest BCUT2D eigenvalue weighted by molar-refractivity contribution is -0.235. The summed E-state index contributed by atoms with van der Waals surface area (Å²) in [6, 6.07) is 0. The second kappa shape index (κ2) is 5.36. The van der Waals surface area contributed by atoms with Crippen LogP contribution in [-0.4, -0.2) is 54.4 Å². The van der Waals surface area contributed by atoms with Crippen LogP contribution >= 0.6 is 0 Å². The average molecular weight is 335 g/mol. The minimum absolute atomic E-state index is 0.0194. The van der Waals surface area contributed by atoms with Gasteiger partial charge in [-0.1, -0.05) is 0 Å². The lowest BCUT2D eigenvalue weighted by atomic mass is 9.65. The lowest BCUT2D eigenvalue weighted by Gasteiger charge is -2.51. The van der Waals surface area contributed by atoms with Crippen molar-refractivity contribution in [2.75, 3.05) is 26.3 Å². The molecule has 3 rings (SSSR count). The van der Waals surface area contributed by atoms with E-state index in [1.54, 1.807) is 0 Å². The minimum atomic E-state index is -4.31. The normalized spacial score (nSPS) is 29.3. The number of ether oxygens (including phenoxy) is 1. The molecule has 23 heavy (non-hydrogen) atoms. The molecule has 0 aromatic heterocycles. The number of carbonyl (C=O) groups excluding carboxylic acids is 1. The Morgan fingerprint density at radius 3 is 2.22 bits per heavy atom. The summed E-state index contributed by atoms with van der Waals surface area (Å²) in [5.41, 5.74) is -2.43. The van der Waals surface area contributed by atoms with Crippen molar-refractivity contribution in [3.63, 3.8) is 0 Å². The van der Waals surface area contributed by atoms with Crippen molar-refractivity contribution in [1.29, 1.82) is 0 Å². The molecule has 1 unspecified atom stereocenters. The van der Waals surface area contributed by atoms with Crippen molar-refractivity contribution in [2.45, 2.75) is 38.3 Å². The first-order chi connectivity index (χ1) is 10.7. The van der Waals surface area contributed by atoms with Crippen molar-refractivity contribution in [3.8, 4) is 0 Å². The van der Waals surface area contributed by atoms with Gasteiger partial charge >= 0.3 is 12.1 Å². The molecule has 0 radical (unpaired) electrons. The number of piperidine rings is 1. The molecule has 0 aromatic rings. The van der Waals surface area contributed by atoms with Crippen molar-refractivity contribution >= 4 is 11.9 Å². The Labute approximate surface area is 131 Å². The third-order valence-electron chi connectivity index (χ3n) is 5.67. The van der Waals surface area contributed by atoms with Crippen LogP contribution in [0.25, 0.3) is 0 Å². The zero-order valence-corrected chi connectivity index (χ0v) is 12.7. The number of rotatable bonds is 2. The first-order valence-corrected chi connectivity index (χ1v) is 7.89. The van der Waals surface area contributed by atoms with E-state index >= 15 is 0 Å². The molecule has 1 atom stereocenters. The van der Waals surface area contributed by atoms with Crippen LogP contribution in [-0.2, 0) is 14.3 Å². The molecule has 1 N–H and O–H groups in total. The summed E-state index contributed by atoms with van der Waals surface area (Å²) in [7, 11) is 0. The predicted octanol–water partition coefficient (Wildman–Crippen LogP) is 2.06. The van der Waals surface area contributed by atoms with E-state index in [2.05, 4.69) is 0 Å². The Bertz CT molecular complexity index is 509. The highest BCUT2D eigenvalue weighted by Crippen LogP contribution is 2.53. The number of alkyl halides is 3. The van der Waals surface area contributed by atoms with Gasteiger partial charge in [0.1, 0.15) is 5.41 Å². The van der Waals surface area contributed by atoms with Crippen LogP contribution in [0.5, 0.6) is 0 Å². The Kier molecular flexibility index (Phi) is 3.85. The van der Waals surface area contributed by atoms with Gasteiger partial charge in [-0.25, -0.2) is 0 Å². The van der Waals surface area contributed by atoms with Crippen LogP contribution in [0.15, 0.2) is 0 Å². The molecule has 2 saturated heterocycles. The molecule has 0 bridgehead atoms. The van der Waals surface area contributed by atoms with Crippen molar-refractivity contribution < 1.29 is 32.6 Å². The van der Waals surface area contributed by atoms with Crippen LogP contribution in [0.2, 0.25) is 0 Å². The maximum Gasteiger partial charge on any atom is 0.392 e. The van der Waals surface area contributed by atoms with Gasteiger partial charge in [-0.2, -0.15) is 13.2 Å². The van der Waals surface area contributed by atoms with E-state index in [0.717, 1.165) is 0 Å². The maximum atomic E-state index is 13.4. The van der Waals surface area contributed by atoms with Gasteiger partial charge in [0.25, 0.3) is 0 Å². The van der Waals surface area contributed by atoms with Crippen molar-refractivity contribution in [1.82, 2.24) is 4.90 Å². The summed E-state index contributed by atoms with van der Waals surface area (Å²) >= 11 is 0. The summed E-state index contributed by atoms with van der Waals surface area (Å²) in [6.07, 6.45) is -3.42. The van der Waals surface area contributed by atoms with Gasteiger partial charge in [-0.15, -0.1) is 0 Å². The molecule has 8 heteroatoms. The second-order valence-electron chi connectivity index (χ2n) is 6.97. The molecule has 1 saturated carbocycles. The molecule has 1 amide bonds. The van der Waals surface area contributed by atoms with Crippen LogP contribution in [0.4, 0.5) is 13.2 Å². The Balaban J connectivity index is 1.82. The standard InChI is InChI=1S/C15H20F3NO4/c16-15(17,18)10-1-6-19(9-13(10)4-7-23-8-5-13)11(20)14(2-3-14)12(21)22/h10H,1-9H2,(H,21,22). The highest BCUT2D eigenvalue weighted by molar-refractivity contribution is 6.04. The van der Waals surface area contributed by atoms with Gasteiger partial charge in [0.2, 0.25) is 5.91 Å². The number of hydrogen-bond acceptors (Lipinski definition) is 3. The zero-order valence-electron chi connectivity index (χ0n) is 12.7. The van der Waals surface area contributed by atoms with Gasteiger partial charge in [0, 0.05) is 31.7 Å². The van der Waals surface area contributed by atoms with E-state index in [-0.39, 0.29) is 58.4 Å². The molecule has 1 aliphatic carbocycles. The molecule has 5 nitrogen and oxygen atoms in total. The number of carboxylic acid groups (broad SMARTS) is 1. The van der Waals surface area contributed by atoms with Gasteiger partial charge in [0.15, 0.2) is 0 Å². The fourth-order valence-corrected chi connectivity index (χ4v) is 4.08. The van der Waals surface area contributed by atoms with Gasteiger partial charge in [-0.05, 0) is 32.1 Å². The minimum Gasteiger partial charge on any atom is -0.480 e. The number of likely N-dealkylation sites (tertiary alicyclic amines) is 1. The summed E-state index contributed by atoms with van der Waals surface area (Å²) in [5.74, 6) is -3.14. The molecular weight excluding hydrogens is 315 g/mol.